The van der Waals surface area contributed by atoms with Gasteiger partial charge in [0.25, 0.3) is 0 Å². The molecule has 8 heteroatoms. The molecule has 1 aliphatic heterocycles. The normalized spacial score (nSPS) is 16.3. The van der Waals surface area contributed by atoms with Crippen LogP contribution in [0.3, 0.4) is 0 Å². The van der Waals surface area contributed by atoms with E-state index in [9.17, 15) is 15.2 Å². The number of fused-ring (bicyclic) bond motifs is 1. The van der Waals surface area contributed by atoms with Crippen molar-refractivity contribution in [3.8, 4) is 11.8 Å². The molecule has 122 valence electrons. The Bertz CT molecular complexity index is 960. The Kier molecular flexibility index (Phi) is 4.24. The second-order valence-electron chi connectivity index (χ2n) is 5.00. The van der Waals surface area contributed by atoms with Crippen LogP contribution in [0, 0.1) is 11.3 Å². The summed E-state index contributed by atoms with van der Waals surface area (Å²) >= 11 is 12.3. The molecule has 0 radical (unpaired) electrons. The van der Waals surface area contributed by atoms with Gasteiger partial charge in [-0.15, -0.1) is 0 Å². The van der Waals surface area contributed by atoms with Gasteiger partial charge < -0.3 is 20.0 Å². The Balaban J connectivity index is 2.35. The molecule has 3 N–H and O–H groups in total. The molecule has 0 saturated heterocycles. The molecule has 2 aromatic rings. The number of allylic oxidation sites excluding steroid dienone is 1. The smallest absolute Gasteiger partial charge is 0.228 e. The molecular weight excluding hydrogens is 355 g/mol. The standard InChI is InChI=1S/C16H10Cl2N2O4/c17-10-3-1-2-8(13(10)18)12-9(5-19)16(20)24-14-11(22)4-7(6-21)23-15(12)14/h1-4,12,21H,6,20H2/t12-/m0/s1. The molecule has 1 aromatic heterocycles. The van der Waals surface area contributed by atoms with Crippen LogP contribution in [-0.2, 0) is 6.61 Å². The maximum absolute atomic E-state index is 12.2. The van der Waals surface area contributed by atoms with Gasteiger partial charge in [-0.1, -0.05) is 35.3 Å². The van der Waals surface area contributed by atoms with E-state index in [1.807, 2.05) is 6.07 Å². The number of hydrogen-bond donors (Lipinski definition) is 2. The summed E-state index contributed by atoms with van der Waals surface area (Å²) in [6.07, 6.45) is 0. The number of halogens is 2. The lowest BCUT2D eigenvalue weighted by molar-refractivity contribution is 0.231. The molecule has 0 saturated carbocycles. The molecule has 1 aliphatic rings. The zero-order valence-electron chi connectivity index (χ0n) is 12.0. The third-order valence-corrected chi connectivity index (χ3v) is 4.41. The van der Waals surface area contributed by atoms with Crippen LogP contribution < -0.4 is 15.9 Å². The first-order valence-corrected chi connectivity index (χ1v) is 7.52. The van der Waals surface area contributed by atoms with Gasteiger partial charge in [-0.05, 0) is 11.6 Å². The van der Waals surface area contributed by atoms with Crippen LogP contribution in [0.25, 0.3) is 0 Å². The molecule has 0 bridgehead atoms. The van der Waals surface area contributed by atoms with E-state index in [1.54, 1.807) is 18.2 Å². The Labute approximate surface area is 146 Å². The van der Waals surface area contributed by atoms with Gasteiger partial charge in [0, 0.05) is 6.07 Å². The summed E-state index contributed by atoms with van der Waals surface area (Å²) in [5.74, 6) is -1.16. The zero-order valence-corrected chi connectivity index (χ0v) is 13.6. The first-order chi connectivity index (χ1) is 11.5. The van der Waals surface area contributed by atoms with Crippen LogP contribution in [0.1, 0.15) is 23.0 Å². The topological polar surface area (TPSA) is 109 Å². The van der Waals surface area contributed by atoms with E-state index in [1.165, 1.54) is 0 Å². The molecule has 6 nitrogen and oxygen atoms in total. The van der Waals surface area contributed by atoms with Crippen LogP contribution in [0.15, 0.2) is 44.9 Å². The van der Waals surface area contributed by atoms with Crippen molar-refractivity contribution >= 4 is 23.2 Å². The van der Waals surface area contributed by atoms with Crippen molar-refractivity contribution in [1.29, 1.82) is 5.26 Å². The van der Waals surface area contributed by atoms with Crippen molar-refractivity contribution < 1.29 is 14.3 Å². The number of nitrogens with zero attached hydrogens (tertiary/aromatic N) is 1. The summed E-state index contributed by atoms with van der Waals surface area (Å²) in [6, 6.07) is 7.93. The third kappa shape index (κ3) is 2.53. The van der Waals surface area contributed by atoms with Crippen molar-refractivity contribution in [1.82, 2.24) is 0 Å². The van der Waals surface area contributed by atoms with Gasteiger partial charge in [0.05, 0.1) is 16.0 Å². The molecule has 0 spiro atoms. The Morgan fingerprint density at radius 1 is 1.38 bits per heavy atom. The lowest BCUT2D eigenvalue weighted by atomic mass is 9.87. The maximum Gasteiger partial charge on any atom is 0.228 e. The van der Waals surface area contributed by atoms with E-state index in [-0.39, 0.29) is 38.8 Å². The average Bonchev–Trinajstić information content (AvgIpc) is 2.57. The van der Waals surface area contributed by atoms with E-state index in [0.29, 0.717) is 5.56 Å². The SMILES string of the molecule is N#CC1=C(N)Oc2c(oc(CO)cc2=O)[C@H]1c1cccc(Cl)c1Cl. The number of ether oxygens (including phenoxy) is 1. The fourth-order valence-corrected chi connectivity index (χ4v) is 2.93. The molecule has 1 atom stereocenters. The monoisotopic (exact) mass is 364 g/mol. The molecule has 3 rings (SSSR count). The van der Waals surface area contributed by atoms with Crippen LogP contribution in [-0.4, -0.2) is 5.11 Å². The highest BCUT2D eigenvalue weighted by Gasteiger charge is 2.36. The molecule has 1 aromatic carbocycles. The van der Waals surface area contributed by atoms with Crippen LogP contribution >= 0.6 is 23.2 Å². The highest BCUT2D eigenvalue weighted by molar-refractivity contribution is 6.42. The number of hydrogen-bond acceptors (Lipinski definition) is 6. The molecular formula is C16H10Cl2N2O4. The van der Waals surface area contributed by atoms with Crippen molar-refractivity contribution in [2.45, 2.75) is 12.5 Å². The van der Waals surface area contributed by atoms with Crippen LogP contribution in [0.5, 0.6) is 5.75 Å². The van der Waals surface area contributed by atoms with Crippen molar-refractivity contribution in [3.05, 3.63) is 73.1 Å². The number of aliphatic hydroxyl groups excluding tert-OH is 1. The summed E-state index contributed by atoms with van der Waals surface area (Å²) in [6.45, 7) is -0.487. The minimum absolute atomic E-state index is 0.0308. The average molecular weight is 365 g/mol. The zero-order chi connectivity index (χ0) is 17.4. The van der Waals surface area contributed by atoms with Gasteiger partial charge in [0.1, 0.15) is 24.0 Å². The predicted octanol–water partition coefficient (Wildman–Crippen LogP) is 2.66. The largest absolute Gasteiger partial charge is 0.458 e. The van der Waals surface area contributed by atoms with Gasteiger partial charge >= 0.3 is 0 Å². The second-order valence-corrected chi connectivity index (χ2v) is 5.78. The van der Waals surface area contributed by atoms with Crippen molar-refractivity contribution in [3.63, 3.8) is 0 Å². The Hall–Kier alpha value is -2.46. The lowest BCUT2D eigenvalue weighted by Crippen LogP contribution is -2.25. The van der Waals surface area contributed by atoms with E-state index in [4.69, 9.17) is 38.1 Å². The van der Waals surface area contributed by atoms with Crippen LogP contribution in [0.2, 0.25) is 10.0 Å². The van der Waals surface area contributed by atoms with E-state index in [0.717, 1.165) is 6.07 Å². The highest BCUT2D eigenvalue weighted by Crippen LogP contribution is 2.44. The van der Waals surface area contributed by atoms with E-state index >= 15 is 0 Å². The minimum Gasteiger partial charge on any atom is -0.458 e. The fraction of sp³-hybridized carbons (Fsp3) is 0.125. The third-order valence-electron chi connectivity index (χ3n) is 3.58. The second kappa shape index (κ2) is 6.21. The van der Waals surface area contributed by atoms with Crippen molar-refractivity contribution in [2.24, 2.45) is 5.73 Å². The minimum atomic E-state index is -0.871. The Morgan fingerprint density at radius 2 is 2.12 bits per heavy atom. The summed E-state index contributed by atoms with van der Waals surface area (Å²) in [5.41, 5.74) is 5.73. The summed E-state index contributed by atoms with van der Waals surface area (Å²) in [7, 11) is 0. The lowest BCUT2D eigenvalue weighted by Gasteiger charge is -2.25. The number of aliphatic hydroxyl groups is 1. The van der Waals surface area contributed by atoms with Crippen molar-refractivity contribution in [2.75, 3.05) is 0 Å². The summed E-state index contributed by atoms with van der Waals surface area (Å²) < 4.78 is 10.8. The Morgan fingerprint density at radius 3 is 2.79 bits per heavy atom. The summed E-state index contributed by atoms with van der Waals surface area (Å²) in [4.78, 5) is 12.2. The van der Waals surface area contributed by atoms with E-state index < -0.39 is 18.0 Å². The number of nitrogens with two attached hydrogens (primary N) is 1. The number of benzene rings is 1. The van der Waals surface area contributed by atoms with Gasteiger partial charge in [0.2, 0.25) is 17.1 Å². The van der Waals surface area contributed by atoms with Gasteiger partial charge in [-0.25, -0.2) is 0 Å². The highest BCUT2D eigenvalue weighted by atomic mass is 35.5. The number of nitriles is 1. The van der Waals surface area contributed by atoms with E-state index in [2.05, 4.69) is 0 Å². The molecule has 2 heterocycles. The maximum atomic E-state index is 12.2. The first-order valence-electron chi connectivity index (χ1n) is 6.77. The first kappa shape index (κ1) is 16.4. The van der Waals surface area contributed by atoms with Gasteiger partial charge in [0.15, 0.2) is 5.76 Å². The van der Waals surface area contributed by atoms with Gasteiger partial charge in [-0.2, -0.15) is 5.26 Å². The molecule has 0 amide bonds. The molecule has 0 aliphatic carbocycles. The van der Waals surface area contributed by atoms with Gasteiger partial charge in [-0.3, -0.25) is 4.79 Å². The fourth-order valence-electron chi connectivity index (χ4n) is 2.52. The molecule has 24 heavy (non-hydrogen) atoms. The summed E-state index contributed by atoms with van der Waals surface area (Å²) in [5, 5.41) is 19.2. The number of rotatable bonds is 2. The van der Waals surface area contributed by atoms with Crippen LogP contribution in [0.4, 0.5) is 0 Å². The molecule has 0 fully saturated rings. The molecule has 0 unspecified atom stereocenters. The predicted molar refractivity (Wildman–Crippen MR) is 86.7 cm³/mol. The quantitative estimate of drug-likeness (QED) is 0.847.